The summed E-state index contributed by atoms with van der Waals surface area (Å²) in [5.74, 6) is 0.0930. The fourth-order valence-corrected chi connectivity index (χ4v) is 4.60. The number of hydrogen-bond donors (Lipinski definition) is 0. The number of hydrogen-bond acceptors (Lipinski definition) is 2. The van der Waals surface area contributed by atoms with Gasteiger partial charge >= 0.3 is 5.97 Å². The van der Waals surface area contributed by atoms with Crippen molar-refractivity contribution in [2.75, 3.05) is 7.11 Å². The first-order valence-electron chi connectivity index (χ1n) is 11.2. The summed E-state index contributed by atoms with van der Waals surface area (Å²) in [5.41, 5.74) is 6.60. The second-order valence-corrected chi connectivity index (χ2v) is 9.94. The fourth-order valence-electron chi connectivity index (χ4n) is 4.60. The van der Waals surface area contributed by atoms with Crippen LogP contribution in [0.2, 0.25) is 0 Å². The molecule has 160 valence electrons. The molecule has 2 nitrogen and oxygen atoms in total. The summed E-state index contributed by atoms with van der Waals surface area (Å²) in [7, 11) is 1.41. The zero-order valence-corrected chi connectivity index (χ0v) is 19.4. The first-order valence-corrected chi connectivity index (χ1v) is 11.2. The maximum absolute atomic E-state index is 11.6. The van der Waals surface area contributed by atoms with Crippen molar-refractivity contribution in [3.63, 3.8) is 0 Å². The van der Waals surface area contributed by atoms with Gasteiger partial charge in [-0.3, -0.25) is 0 Å². The molecule has 0 bridgehead atoms. The van der Waals surface area contributed by atoms with Crippen molar-refractivity contribution in [2.24, 2.45) is 0 Å². The van der Waals surface area contributed by atoms with Gasteiger partial charge < -0.3 is 4.74 Å². The highest BCUT2D eigenvalue weighted by Gasteiger charge is 2.37. The van der Waals surface area contributed by atoms with Crippen molar-refractivity contribution in [1.29, 1.82) is 0 Å². The quantitative estimate of drug-likeness (QED) is 0.468. The Hall–Kier alpha value is -2.35. The van der Waals surface area contributed by atoms with Crippen LogP contribution in [-0.4, -0.2) is 13.1 Å². The molecule has 0 aromatic heterocycles. The average Bonchev–Trinajstić information content (AvgIpc) is 2.74. The summed E-state index contributed by atoms with van der Waals surface area (Å²) in [4.78, 5) is 11.6. The molecule has 0 saturated carbocycles. The summed E-state index contributed by atoms with van der Waals surface area (Å²) >= 11 is 0. The average molecular weight is 405 g/mol. The lowest BCUT2D eigenvalue weighted by Crippen LogP contribution is -2.34. The molecule has 0 fully saturated rings. The number of esters is 1. The number of ether oxygens (including phenoxy) is 1. The summed E-state index contributed by atoms with van der Waals surface area (Å²) < 4.78 is 4.78. The zero-order valence-electron chi connectivity index (χ0n) is 19.4. The van der Waals surface area contributed by atoms with Crippen LogP contribution in [0, 0.1) is 0 Å². The van der Waals surface area contributed by atoms with Gasteiger partial charge in [0, 0.05) is 5.92 Å². The molecule has 30 heavy (non-hydrogen) atoms. The van der Waals surface area contributed by atoms with Gasteiger partial charge in [-0.2, -0.15) is 0 Å². The maximum Gasteiger partial charge on any atom is 0.337 e. The van der Waals surface area contributed by atoms with E-state index in [1.54, 1.807) is 0 Å². The predicted molar refractivity (Wildman–Crippen MR) is 126 cm³/mol. The Morgan fingerprint density at radius 3 is 2.23 bits per heavy atom. The Morgan fingerprint density at radius 2 is 1.63 bits per heavy atom. The van der Waals surface area contributed by atoms with E-state index in [1.165, 1.54) is 36.6 Å². The molecule has 0 saturated heterocycles. The third-order valence-corrected chi connectivity index (χ3v) is 6.76. The number of fused-ring (bicyclic) bond motifs is 1. The van der Waals surface area contributed by atoms with Crippen LogP contribution in [0.4, 0.5) is 0 Å². The molecule has 2 aromatic carbocycles. The van der Waals surface area contributed by atoms with E-state index in [0.717, 1.165) is 18.4 Å². The van der Waals surface area contributed by atoms with Gasteiger partial charge in [-0.15, -0.1) is 0 Å². The van der Waals surface area contributed by atoms with E-state index >= 15 is 0 Å². The van der Waals surface area contributed by atoms with E-state index in [1.807, 2.05) is 24.3 Å². The van der Waals surface area contributed by atoms with E-state index < -0.39 is 0 Å². The largest absolute Gasteiger partial charge is 0.465 e. The first kappa shape index (κ1) is 22.3. The van der Waals surface area contributed by atoms with Crippen LogP contribution in [0.15, 0.2) is 48.5 Å². The highest BCUT2D eigenvalue weighted by Crippen LogP contribution is 2.46. The lowest BCUT2D eigenvalue weighted by atomic mass is 9.62. The summed E-state index contributed by atoms with van der Waals surface area (Å²) in [6, 6.07) is 14.8. The third-order valence-electron chi connectivity index (χ3n) is 6.76. The molecule has 1 unspecified atom stereocenters. The fraction of sp³-hybridized carbons (Fsp3) is 0.464. The van der Waals surface area contributed by atoms with Gasteiger partial charge in [0.25, 0.3) is 0 Å². The summed E-state index contributed by atoms with van der Waals surface area (Å²) in [5, 5.41) is 0. The molecule has 2 heteroatoms. The van der Waals surface area contributed by atoms with Crippen molar-refractivity contribution in [2.45, 2.75) is 77.0 Å². The van der Waals surface area contributed by atoms with E-state index in [2.05, 4.69) is 65.0 Å². The Kier molecular flexibility index (Phi) is 6.55. The predicted octanol–water partition coefficient (Wildman–Crippen LogP) is 7.42. The molecule has 0 heterocycles. The Balaban J connectivity index is 1.90. The molecule has 2 aromatic rings. The molecule has 1 aliphatic carbocycles. The third kappa shape index (κ3) is 4.69. The van der Waals surface area contributed by atoms with E-state index in [-0.39, 0.29) is 16.8 Å². The molecular formula is C28H36O2. The molecule has 0 radical (unpaired) electrons. The van der Waals surface area contributed by atoms with Crippen LogP contribution in [0.3, 0.4) is 0 Å². The number of rotatable bonds is 6. The zero-order chi connectivity index (χ0) is 21.9. The molecule has 0 aliphatic heterocycles. The lowest BCUT2D eigenvalue weighted by Gasteiger charge is -2.42. The molecule has 0 amide bonds. The normalized spacial score (nSPS) is 18.1. The van der Waals surface area contributed by atoms with Crippen molar-refractivity contribution >= 4 is 12.0 Å². The van der Waals surface area contributed by atoms with Crippen LogP contribution in [0.5, 0.6) is 0 Å². The molecular weight excluding hydrogens is 368 g/mol. The van der Waals surface area contributed by atoms with E-state index in [9.17, 15) is 4.79 Å². The van der Waals surface area contributed by atoms with Crippen molar-refractivity contribution in [3.8, 4) is 0 Å². The van der Waals surface area contributed by atoms with Crippen LogP contribution >= 0.6 is 0 Å². The van der Waals surface area contributed by atoms with Crippen LogP contribution in [-0.2, 0) is 15.6 Å². The number of carbonyl (C=O) groups is 1. The Bertz CT molecular complexity index is 916. The Morgan fingerprint density at radius 1 is 1.00 bits per heavy atom. The Labute approximate surface area is 182 Å². The maximum atomic E-state index is 11.6. The first-order chi connectivity index (χ1) is 14.2. The van der Waals surface area contributed by atoms with Crippen molar-refractivity contribution in [3.05, 3.63) is 76.4 Å². The standard InChI is InChI=1S/C28H36O2/c1-7-8-21(12-9-20-10-13-22(14-11-20)26(29)30-6)23-15-16-24-25(19-23)28(4,5)18-17-27(24,2)3/h9-16,19,21H,7-8,17-18H2,1-6H3. The molecule has 0 spiro atoms. The van der Waals surface area contributed by atoms with Gasteiger partial charge in [-0.1, -0.05) is 83.5 Å². The van der Waals surface area contributed by atoms with E-state index in [4.69, 9.17) is 4.74 Å². The number of benzene rings is 2. The molecule has 1 aliphatic rings. The van der Waals surface area contributed by atoms with Gasteiger partial charge in [-0.25, -0.2) is 4.79 Å². The van der Waals surface area contributed by atoms with E-state index in [0.29, 0.717) is 11.5 Å². The highest BCUT2D eigenvalue weighted by atomic mass is 16.5. The van der Waals surface area contributed by atoms with Crippen molar-refractivity contribution in [1.82, 2.24) is 0 Å². The van der Waals surface area contributed by atoms with Crippen LogP contribution in [0.25, 0.3) is 6.08 Å². The SMILES string of the molecule is CCCC(C=Cc1ccc(C(=O)OC)cc1)c1ccc2c(c1)C(C)(C)CCC2(C)C. The van der Waals surface area contributed by atoms with Crippen molar-refractivity contribution < 1.29 is 9.53 Å². The molecule has 1 atom stereocenters. The monoisotopic (exact) mass is 404 g/mol. The van der Waals surface area contributed by atoms with Gasteiger partial charge in [0.2, 0.25) is 0 Å². The lowest BCUT2D eigenvalue weighted by molar-refractivity contribution is 0.0600. The van der Waals surface area contributed by atoms with Gasteiger partial charge in [0.1, 0.15) is 0 Å². The molecule has 3 rings (SSSR count). The number of carbonyl (C=O) groups excluding carboxylic acids is 1. The topological polar surface area (TPSA) is 26.3 Å². The molecule has 0 N–H and O–H groups in total. The smallest absolute Gasteiger partial charge is 0.337 e. The van der Waals surface area contributed by atoms with Gasteiger partial charge in [0.15, 0.2) is 0 Å². The minimum atomic E-state index is -0.297. The second-order valence-electron chi connectivity index (χ2n) is 9.94. The van der Waals surface area contributed by atoms with Crippen LogP contribution in [0.1, 0.15) is 98.8 Å². The summed E-state index contributed by atoms with van der Waals surface area (Å²) in [6.07, 6.45) is 9.24. The minimum Gasteiger partial charge on any atom is -0.465 e. The highest BCUT2D eigenvalue weighted by molar-refractivity contribution is 5.89. The number of methoxy groups -OCH3 is 1. The van der Waals surface area contributed by atoms with Gasteiger partial charge in [-0.05, 0) is 64.5 Å². The van der Waals surface area contributed by atoms with Crippen LogP contribution < -0.4 is 0 Å². The summed E-state index contributed by atoms with van der Waals surface area (Å²) in [6.45, 7) is 11.8. The number of allylic oxidation sites excluding steroid dienone is 1. The second kappa shape index (κ2) is 8.79. The minimum absolute atomic E-state index is 0.227. The van der Waals surface area contributed by atoms with Gasteiger partial charge in [0.05, 0.1) is 12.7 Å².